The molecule has 1 heterocycles. The van der Waals surface area contributed by atoms with E-state index in [2.05, 4.69) is 46.8 Å². The maximum Gasteiger partial charge on any atom is 0.222 e. The Hall–Kier alpha value is -2.13. The lowest BCUT2D eigenvalue weighted by Gasteiger charge is -2.22. The highest BCUT2D eigenvalue weighted by atomic mass is 35.5. The molecule has 0 radical (unpaired) electrons. The molecule has 3 rings (SSSR count). The Kier molecular flexibility index (Phi) is 10.4. The van der Waals surface area contributed by atoms with Crippen LogP contribution in [0.4, 0.5) is 0 Å². The number of sulfone groups is 1. The van der Waals surface area contributed by atoms with E-state index in [4.69, 9.17) is 23.2 Å². The number of carbonyl (C=O) groups is 1. The van der Waals surface area contributed by atoms with Gasteiger partial charge in [0.25, 0.3) is 0 Å². The third kappa shape index (κ3) is 7.93. The van der Waals surface area contributed by atoms with Gasteiger partial charge in [-0.15, -0.1) is 0 Å². The maximum atomic E-state index is 12.8. The van der Waals surface area contributed by atoms with E-state index < -0.39 is 9.84 Å². The Balaban J connectivity index is 1.42. The van der Waals surface area contributed by atoms with Crippen LogP contribution >= 0.6 is 23.2 Å². The summed E-state index contributed by atoms with van der Waals surface area (Å²) in [6.07, 6.45) is 2.56. The summed E-state index contributed by atoms with van der Waals surface area (Å²) in [5, 5.41) is 6.41. The lowest BCUT2D eigenvalue weighted by Crippen LogP contribution is -2.34. The van der Waals surface area contributed by atoms with Gasteiger partial charge in [-0.3, -0.25) is 9.79 Å². The summed E-state index contributed by atoms with van der Waals surface area (Å²) in [5.74, 6) is 0.754. The van der Waals surface area contributed by atoms with Crippen molar-refractivity contribution < 1.29 is 13.2 Å². The quantitative estimate of drug-likeness (QED) is 0.377. The van der Waals surface area contributed by atoms with E-state index >= 15 is 0 Å². The minimum atomic E-state index is -3.62. The monoisotopic (exact) mass is 538 g/mol. The predicted octanol–water partition coefficient (Wildman–Crippen LogP) is 3.93. The van der Waals surface area contributed by atoms with Gasteiger partial charge in [-0.05, 0) is 43.5 Å². The van der Waals surface area contributed by atoms with Gasteiger partial charge in [0.15, 0.2) is 9.84 Å². The van der Waals surface area contributed by atoms with Gasteiger partial charge < -0.3 is 15.5 Å². The van der Waals surface area contributed by atoms with Crippen molar-refractivity contribution in [1.29, 1.82) is 0 Å². The van der Waals surface area contributed by atoms with E-state index in [1.165, 1.54) is 11.6 Å². The second kappa shape index (κ2) is 13.3. The minimum Gasteiger partial charge on any atom is -0.368 e. The molecule has 0 aliphatic carbocycles. The largest absolute Gasteiger partial charge is 0.368 e. The van der Waals surface area contributed by atoms with Crippen LogP contribution in [0.25, 0.3) is 0 Å². The summed E-state index contributed by atoms with van der Waals surface area (Å²) in [6, 6.07) is 12.8. The summed E-state index contributed by atoms with van der Waals surface area (Å²) in [6.45, 7) is 5.51. The Morgan fingerprint density at radius 3 is 2.60 bits per heavy atom. The molecule has 0 bridgehead atoms. The van der Waals surface area contributed by atoms with E-state index in [0.717, 1.165) is 37.3 Å². The molecule has 0 unspecified atom stereocenters. The number of nitrogens with zero attached hydrogens (tertiary/aromatic N) is 2. The van der Waals surface area contributed by atoms with Crippen LogP contribution in [0.5, 0.6) is 0 Å². The average Bonchev–Trinajstić information content (AvgIpc) is 3.38. The van der Waals surface area contributed by atoms with Crippen molar-refractivity contribution >= 4 is 44.8 Å². The molecule has 0 aromatic heterocycles. The minimum absolute atomic E-state index is 0.00453. The van der Waals surface area contributed by atoms with Crippen molar-refractivity contribution in [3.05, 3.63) is 63.6 Å². The number of halogens is 2. The first-order chi connectivity index (χ1) is 16.8. The second-order valence-electron chi connectivity index (χ2n) is 8.40. The van der Waals surface area contributed by atoms with E-state index in [9.17, 15) is 13.2 Å². The number of hydrogen-bond donors (Lipinski definition) is 2. The summed E-state index contributed by atoms with van der Waals surface area (Å²) in [7, 11) is -3.62. The molecule has 2 aromatic rings. The number of amidine groups is 1. The topological polar surface area (TPSA) is 90.9 Å². The van der Waals surface area contributed by atoms with Gasteiger partial charge in [-0.1, -0.05) is 60.5 Å². The van der Waals surface area contributed by atoms with Crippen molar-refractivity contribution in [1.82, 2.24) is 15.5 Å². The number of amides is 1. The number of carbonyl (C=O) groups excluding carboxylic acids is 1. The van der Waals surface area contributed by atoms with Gasteiger partial charge in [0, 0.05) is 31.6 Å². The Bertz CT molecular complexity index is 1140. The van der Waals surface area contributed by atoms with Crippen molar-refractivity contribution in [2.75, 3.05) is 38.6 Å². The van der Waals surface area contributed by atoms with Crippen molar-refractivity contribution in [3.63, 3.8) is 0 Å². The molecule has 0 atom stereocenters. The zero-order chi connectivity index (χ0) is 25.3. The molecule has 0 fully saturated rings. The van der Waals surface area contributed by atoms with Gasteiger partial charge in [-0.2, -0.15) is 0 Å². The summed E-state index contributed by atoms with van der Waals surface area (Å²) < 4.78 is 25.0. The normalized spacial score (nSPS) is 13.4. The molecule has 1 aliphatic rings. The van der Waals surface area contributed by atoms with Gasteiger partial charge >= 0.3 is 0 Å². The van der Waals surface area contributed by atoms with Crippen LogP contribution in [-0.2, 0) is 21.1 Å². The maximum absolute atomic E-state index is 12.8. The molecule has 190 valence electrons. The first-order valence-electron chi connectivity index (χ1n) is 11.8. The van der Waals surface area contributed by atoms with Crippen LogP contribution < -0.4 is 10.6 Å². The van der Waals surface area contributed by atoms with Crippen LogP contribution in [0.3, 0.4) is 0 Å². The number of hydrogen-bond acceptors (Lipinski definition) is 6. The smallest absolute Gasteiger partial charge is 0.222 e. The molecular formula is C25H32Cl2N4O3S. The Labute approximate surface area is 217 Å². The third-order valence-electron chi connectivity index (χ3n) is 5.71. The summed E-state index contributed by atoms with van der Waals surface area (Å²) >= 11 is 12.0. The van der Waals surface area contributed by atoms with Crippen LogP contribution in [0, 0.1) is 0 Å². The van der Waals surface area contributed by atoms with E-state index in [1.54, 1.807) is 12.1 Å². The van der Waals surface area contributed by atoms with Crippen molar-refractivity contribution in [2.45, 2.75) is 37.5 Å². The highest BCUT2D eigenvalue weighted by Gasteiger charge is 2.19. The Morgan fingerprint density at radius 2 is 1.91 bits per heavy atom. The molecule has 0 spiro atoms. The molecule has 0 saturated carbocycles. The summed E-state index contributed by atoms with van der Waals surface area (Å²) in [5.41, 5.74) is 2.26. The van der Waals surface area contributed by atoms with Crippen LogP contribution in [0.2, 0.25) is 10.0 Å². The molecule has 2 aromatic carbocycles. The van der Waals surface area contributed by atoms with Crippen LogP contribution in [0.1, 0.15) is 37.3 Å². The van der Waals surface area contributed by atoms with E-state index in [1.807, 2.05) is 4.90 Å². The van der Waals surface area contributed by atoms with Crippen molar-refractivity contribution in [3.8, 4) is 0 Å². The number of benzene rings is 2. The lowest BCUT2D eigenvalue weighted by atomic mass is 10.1. The molecule has 35 heavy (non-hydrogen) atoms. The number of nitrogens with one attached hydrogen (secondary N) is 2. The average molecular weight is 540 g/mol. The number of rotatable bonds is 13. The molecule has 1 amide bonds. The predicted molar refractivity (Wildman–Crippen MR) is 142 cm³/mol. The number of aliphatic imine (C=N–C) groups is 1. The molecule has 10 heteroatoms. The second-order valence-corrected chi connectivity index (χ2v) is 11.1. The zero-order valence-electron chi connectivity index (χ0n) is 19.9. The van der Waals surface area contributed by atoms with E-state index in [0.29, 0.717) is 32.5 Å². The molecule has 1 aliphatic heterocycles. The SMILES string of the molecule is CCCN(CCc1ccc(C2=NCCN2)cc1)C(=O)CCCNCS(=O)(=O)c1cccc(Cl)c1Cl. The molecule has 0 saturated heterocycles. The van der Waals surface area contributed by atoms with Gasteiger partial charge in [-0.25, -0.2) is 8.42 Å². The van der Waals surface area contributed by atoms with E-state index in [-0.39, 0.29) is 26.7 Å². The highest BCUT2D eigenvalue weighted by molar-refractivity contribution is 7.91. The van der Waals surface area contributed by atoms with Crippen LogP contribution in [0.15, 0.2) is 52.4 Å². The zero-order valence-corrected chi connectivity index (χ0v) is 22.2. The fourth-order valence-corrected chi connectivity index (χ4v) is 5.79. The third-order valence-corrected chi connectivity index (χ3v) is 8.23. The lowest BCUT2D eigenvalue weighted by molar-refractivity contribution is -0.131. The van der Waals surface area contributed by atoms with Gasteiger partial charge in [0.2, 0.25) is 5.91 Å². The highest BCUT2D eigenvalue weighted by Crippen LogP contribution is 2.29. The molecule has 2 N–H and O–H groups in total. The first kappa shape index (κ1) is 27.5. The summed E-state index contributed by atoms with van der Waals surface area (Å²) in [4.78, 5) is 19.1. The first-order valence-corrected chi connectivity index (χ1v) is 14.3. The standard InChI is InChI=1S/C25H32Cl2N4O3S/c1-2-16-31(17-12-19-8-10-20(11-9-19)25-29-14-15-30-25)23(32)7-4-13-28-18-35(33,34)22-6-3-5-21(26)24(22)27/h3,5-6,8-11,28H,2,4,7,12-18H2,1H3,(H,29,30). The fraction of sp³-hybridized carbons (Fsp3) is 0.440. The van der Waals surface area contributed by atoms with Crippen LogP contribution in [-0.4, -0.2) is 63.7 Å². The molecule has 7 nitrogen and oxygen atoms in total. The fourth-order valence-electron chi connectivity index (χ4n) is 3.85. The van der Waals surface area contributed by atoms with Crippen molar-refractivity contribution in [2.24, 2.45) is 4.99 Å². The van der Waals surface area contributed by atoms with Gasteiger partial charge in [0.05, 0.1) is 21.5 Å². The van der Waals surface area contributed by atoms with Gasteiger partial charge in [0.1, 0.15) is 11.7 Å². The Morgan fingerprint density at radius 1 is 1.14 bits per heavy atom. The molecular weight excluding hydrogens is 507 g/mol.